The van der Waals surface area contributed by atoms with Gasteiger partial charge in [-0.1, -0.05) is 17.7 Å². The maximum atomic E-state index is 12.4. The molecule has 1 N–H and O–H groups in total. The third-order valence-corrected chi connectivity index (χ3v) is 5.16. The van der Waals surface area contributed by atoms with Crippen LogP contribution in [0.2, 0.25) is 5.15 Å². The van der Waals surface area contributed by atoms with Crippen LogP contribution in [0.1, 0.15) is 21.6 Å². The molecule has 1 heterocycles. The van der Waals surface area contributed by atoms with Crippen molar-refractivity contribution in [2.75, 3.05) is 0 Å². The number of nitrogens with zero attached hydrogens (tertiary/aromatic N) is 2. The fourth-order valence-corrected chi connectivity index (χ4v) is 3.74. The van der Waals surface area contributed by atoms with Gasteiger partial charge in [0.15, 0.2) is 9.84 Å². The number of aryl methyl sites for hydroxylation is 2. The summed E-state index contributed by atoms with van der Waals surface area (Å²) in [5.41, 5.74) is 0.866. The van der Waals surface area contributed by atoms with Crippen molar-refractivity contribution >= 4 is 27.4 Å². The summed E-state index contributed by atoms with van der Waals surface area (Å²) in [7, 11) is -2.08. The minimum absolute atomic E-state index is 0.0540. The van der Waals surface area contributed by atoms with E-state index in [1.807, 2.05) is 0 Å². The van der Waals surface area contributed by atoms with E-state index in [0.29, 0.717) is 11.3 Å². The van der Waals surface area contributed by atoms with Crippen molar-refractivity contribution in [2.24, 2.45) is 7.05 Å². The lowest BCUT2D eigenvalue weighted by Crippen LogP contribution is -2.07. The van der Waals surface area contributed by atoms with Gasteiger partial charge in [-0.25, -0.2) is 13.2 Å². The zero-order valence-corrected chi connectivity index (χ0v) is 12.9. The number of carbonyl (C=O) groups is 1. The summed E-state index contributed by atoms with van der Waals surface area (Å²) in [5.74, 6) is -1.50. The third-order valence-electron chi connectivity index (χ3n) is 3.04. The highest BCUT2D eigenvalue weighted by molar-refractivity contribution is 7.90. The summed E-state index contributed by atoms with van der Waals surface area (Å²) >= 11 is 6.03. The minimum atomic E-state index is -3.70. The molecule has 2 aromatic rings. The number of aromatic carboxylic acids is 1. The predicted octanol–water partition coefficient (Wildman–Crippen LogP) is 2.05. The molecular weight excluding hydrogens is 316 g/mol. The quantitative estimate of drug-likeness (QED) is 0.927. The van der Waals surface area contributed by atoms with Crippen LogP contribution in [0.5, 0.6) is 0 Å². The Hall–Kier alpha value is -1.86. The van der Waals surface area contributed by atoms with E-state index in [2.05, 4.69) is 5.10 Å². The number of carboxylic acid groups (broad SMARTS) is 1. The van der Waals surface area contributed by atoms with Crippen LogP contribution in [0, 0.1) is 6.92 Å². The number of aromatic nitrogens is 2. The molecule has 1 aromatic carbocycles. The molecule has 0 aliphatic heterocycles. The van der Waals surface area contributed by atoms with E-state index in [1.54, 1.807) is 14.0 Å². The van der Waals surface area contributed by atoms with E-state index in [-0.39, 0.29) is 21.4 Å². The molecule has 1 aromatic heterocycles. The van der Waals surface area contributed by atoms with E-state index < -0.39 is 15.8 Å². The van der Waals surface area contributed by atoms with Crippen LogP contribution < -0.4 is 0 Å². The molecule has 2 rings (SSSR count). The van der Waals surface area contributed by atoms with Crippen LogP contribution in [-0.4, -0.2) is 29.3 Å². The number of rotatable bonds is 4. The van der Waals surface area contributed by atoms with Crippen molar-refractivity contribution in [3.8, 4) is 0 Å². The van der Waals surface area contributed by atoms with E-state index in [9.17, 15) is 13.2 Å². The number of halogens is 1. The van der Waals surface area contributed by atoms with Crippen molar-refractivity contribution in [2.45, 2.75) is 17.6 Å². The van der Waals surface area contributed by atoms with Gasteiger partial charge in [0.25, 0.3) is 0 Å². The summed E-state index contributed by atoms with van der Waals surface area (Å²) in [6, 6.07) is 5.23. The van der Waals surface area contributed by atoms with Gasteiger partial charge in [-0.3, -0.25) is 4.68 Å². The van der Waals surface area contributed by atoms with E-state index in [1.165, 1.54) is 22.9 Å². The molecule has 8 heteroatoms. The molecule has 21 heavy (non-hydrogen) atoms. The van der Waals surface area contributed by atoms with E-state index >= 15 is 0 Å². The largest absolute Gasteiger partial charge is 0.478 e. The van der Waals surface area contributed by atoms with Gasteiger partial charge in [-0.2, -0.15) is 5.10 Å². The number of sulfone groups is 1. The lowest BCUT2D eigenvalue weighted by molar-refractivity contribution is 0.0696. The number of carboxylic acids is 1. The topological polar surface area (TPSA) is 89.3 Å². The first-order chi connectivity index (χ1) is 9.72. The molecule has 0 saturated heterocycles. The molecule has 0 radical (unpaired) electrons. The standard InChI is InChI=1S/C13H13ClN2O4S/c1-8-11(12(14)16(2)15-8)7-21(19,20)10-5-3-4-9(6-10)13(17)18/h3-6H,7H2,1-2H3,(H,17,18). The van der Waals surface area contributed by atoms with Crippen LogP contribution in [0.25, 0.3) is 0 Å². The zero-order chi connectivity index (χ0) is 15.8. The second kappa shape index (κ2) is 5.50. The average molecular weight is 329 g/mol. The highest BCUT2D eigenvalue weighted by Gasteiger charge is 2.22. The normalized spacial score (nSPS) is 11.6. The Balaban J connectivity index is 2.43. The smallest absolute Gasteiger partial charge is 0.335 e. The van der Waals surface area contributed by atoms with E-state index in [0.717, 1.165) is 6.07 Å². The Morgan fingerprint density at radius 1 is 1.43 bits per heavy atom. The van der Waals surface area contributed by atoms with Gasteiger partial charge in [-0.15, -0.1) is 0 Å². The zero-order valence-electron chi connectivity index (χ0n) is 11.4. The summed E-state index contributed by atoms with van der Waals surface area (Å²) in [4.78, 5) is 10.9. The molecule has 0 bridgehead atoms. The monoisotopic (exact) mass is 328 g/mol. The Morgan fingerprint density at radius 2 is 2.10 bits per heavy atom. The van der Waals surface area contributed by atoms with Crippen LogP contribution in [-0.2, 0) is 22.6 Å². The third kappa shape index (κ3) is 3.08. The Bertz CT molecular complexity index is 812. The lowest BCUT2D eigenvalue weighted by Gasteiger charge is -2.05. The van der Waals surface area contributed by atoms with Crippen LogP contribution in [0.3, 0.4) is 0 Å². The fourth-order valence-electron chi connectivity index (χ4n) is 1.93. The number of hydrogen-bond donors (Lipinski definition) is 1. The highest BCUT2D eigenvalue weighted by Crippen LogP contribution is 2.25. The first-order valence-corrected chi connectivity index (χ1v) is 7.99. The molecule has 0 fully saturated rings. The second-order valence-electron chi connectivity index (χ2n) is 4.57. The molecule has 0 aliphatic carbocycles. The van der Waals surface area contributed by atoms with Crippen molar-refractivity contribution in [1.29, 1.82) is 0 Å². The molecule has 112 valence electrons. The Kier molecular flexibility index (Phi) is 4.06. The Morgan fingerprint density at radius 3 is 2.62 bits per heavy atom. The van der Waals surface area contributed by atoms with Crippen LogP contribution >= 0.6 is 11.6 Å². The van der Waals surface area contributed by atoms with Crippen molar-refractivity contribution in [3.63, 3.8) is 0 Å². The molecule has 0 amide bonds. The van der Waals surface area contributed by atoms with Crippen molar-refractivity contribution < 1.29 is 18.3 Å². The van der Waals surface area contributed by atoms with Gasteiger partial charge in [0.2, 0.25) is 0 Å². The van der Waals surface area contributed by atoms with Gasteiger partial charge in [0, 0.05) is 12.6 Å². The van der Waals surface area contributed by atoms with Crippen molar-refractivity contribution in [1.82, 2.24) is 9.78 Å². The maximum absolute atomic E-state index is 12.4. The first-order valence-electron chi connectivity index (χ1n) is 5.96. The van der Waals surface area contributed by atoms with Crippen LogP contribution in [0.15, 0.2) is 29.2 Å². The number of benzene rings is 1. The molecule has 0 atom stereocenters. The average Bonchev–Trinajstić information content (AvgIpc) is 2.65. The fraction of sp³-hybridized carbons (Fsp3) is 0.231. The number of hydrogen-bond acceptors (Lipinski definition) is 4. The molecule has 0 saturated carbocycles. The van der Waals surface area contributed by atoms with Gasteiger partial charge in [0.05, 0.1) is 21.9 Å². The Labute approximate surface area is 126 Å². The van der Waals surface area contributed by atoms with Crippen molar-refractivity contribution in [3.05, 3.63) is 46.2 Å². The highest BCUT2D eigenvalue weighted by atomic mass is 35.5. The predicted molar refractivity (Wildman–Crippen MR) is 77.2 cm³/mol. The lowest BCUT2D eigenvalue weighted by atomic mass is 10.2. The minimum Gasteiger partial charge on any atom is -0.478 e. The molecular formula is C13H13ClN2O4S. The van der Waals surface area contributed by atoms with Crippen LogP contribution in [0.4, 0.5) is 0 Å². The first kappa shape index (κ1) is 15.5. The molecule has 0 aliphatic rings. The molecule has 0 spiro atoms. The van der Waals surface area contributed by atoms with E-state index in [4.69, 9.17) is 16.7 Å². The molecule has 0 unspecified atom stereocenters. The molecule has 6 nitrogen and oxygen atoms in total. The SMILES string of the molecule is Cc1nn(C)c(Cl)c1CS(=O)(=O)c1cccc(C(=O)O)c1. The maximum Gasteiger partial charge on any atom is 0.335 e. The van der Waals surface area contributed by atoms with Gasteiger partial charge in [0.1, 0.15) is 5.15 Å². The van der Waals surface area contributed by atoms with Gasteiger partial charge in [-0.05, 0) is 25.1 Å². The summed E-state index contributed by atoms with van der Waals surface area (Å²) in [5, 5.41) is 13.2. The summed E-state index contributed by atoms with van der Waals surface area (Å²) < 4.78 is 26.2. The van der Waals surface area contributed by atoms with Gasteiger partial charge >= 0.3 is 5.97 Å². The van der Waals surface area contributed by atoms with Gasteiger partial charge < -0.3 is 5.11 Å². The summed E-state index contributed by atoms with van der Waals surface area (Å²) in [6.45, 7) is 1.67. The second-order valence-corrected chi connectivity index (χ2v) is 6.92. The summed E-state index contributed by atoms with van der Waals surface area (Å²) in [6.07, 6.45) is 0.